The highest BCUT2D eigenvalue weighted by Gasteiger charge is 2.44. The summed E-state index contributed by atoms with van der Waals surface area (Å²) in [4.78, 5) is 12.0. The third-order valence-corrected chi connectivity index (χ3v) is 3.62. The number of ether oxygens (including phenoxy) is 1. The van der Waals surface area contributed by atoms with E-state index in [1.807, 2.05) is 6.92 Å². The number of carbonyl (C=O) groups is 1. The predicted molar refractivity (Wildman–Crippen MR) is 73.3 cm³/mol. The first-order chi connectivity index (χ1) is 10.3. The fraction of sp³-hybridized carbons (Fsp3) is 0.533. The van der Waals surface area contributed by atoms with Gasteiger partial charge in [0, 0.05) is 18.6 Å². The topological polar surface area (TPSA) is 58.6 Å². The third kappa shape index (κ3) is 4.62. The monoisotopic (exact) mass is 317 g/mol. The molecule has 1 fully saturated rings. The van der Waals surface area contributed by atoms with Crippen LogP contribution in [0, 0.1) is 5.92 Å². The number of aliphatic hydroxyl groups is 1. The molecule has 3 unspecified atom stereocenters. The molecule has 2 N–H and O–H groups in total. The minimum Gasteiger partial charge on any atom is -0.406 e. The van der Waals surface area contributed by atoms with Gasteiger partial charge in [0.15, 0.2) is 0 Å². The van der Waals surface area contributed by atoms with Crippen molar-refractivity contribution < 1.29 is 27.8 Å². The van der Waals surface area contributed by atoms with E-state index in [1.165, 1.54) is 12.1 Å². The van der Waals surface area contributed by atoms with E-state index in [0.717, 1.165) is 5.56 Å². The summed E-state index contributed by atoms with van der Waals surface area (Å²) in [6, 6.07) is 5.52. The smallest absolute Gasteiger partial charge is 0.406 e. The van der Waals surface area contributed by atoms with Crippen LogP contribution in [-0.2, 0) is 4.79 Å². The van der Waals surface area contributed by atoms with E-state index < -0.39 is 6.36 Å². The van der Waals surface area contributed by atoms with Crippen LogP contribution in [0.25, 0.3) is 0 Å². The van der Waals surface area contributed by atoms with Crippen LogP contribution in [-0.4, -0.2) is 30.0 Å². The quantitative estimate of drug-likeness (QED) is 0.848. The SMILES string of the molecule is CC(CCO)NC(=O)C1CC1c1ccc(OC(F)(F)F)cc1. The van der Waals surface area contributed by atoms with Gasteiger partial charge in [-0.15, -0.1) is 13.2 Å². The molecule has 22 heavy (non-hydrogen) atoms. The Kier molecular flexibility index (Phi) is 4.95. The molecule has 0 aliphatic heterocycles. The number of alkyl halides is 3. The predicted octanol–water partition coefficient (Wildman–Crippen LogP) is 2.58. The average Bonchev–Trinajstić information content (AvgIpc) is 3.18. The van der Waals surface area contributed by atoms with Gasteiger partial charge in [0.25, 0.3) is 0 Å². The van der Waals surface area contributed by atoms with Crippen molar-refractivity contribution in [1.82, 2.24) is 5.32 Å². The summed E-state index contributed by atoms with van der Waals surface area (Å²) < 4.78 is 40.0. The second-order valence-corrected chi connectivity index (χ2v) is 5.49. The Morgan fingerprint density at radius 2 is 2.05 bits per heavy atom. The first-order valence-electron chi connectivity index (χ1n) is 7.07. The number of halogens is 3. The van der Waals surface area contributed by atoms with Crippen LogP contribution in [0.5, 0.6) is 5.75 Å². The Bertz CT molecular complexity index is 516. The number of hydrogen-bond acceptors (Lipinski definition) is 3. The summed E-state index contributed by atoms with van der Waals surface area (Å²) in [5.41, 5.74) is 0.824. The van der Waals surface area contributed by atoms with Gasteiger partial charge < -0.3 is 15.2 Å². The molecule has 1 aromatic carbocycles. The lowest BCUT2D eigenvalue weighted by Gasteiger charge is -2.12. The maximum absolute atomic E-state index is 12.1. The Hall–Kier alpha value is -1.76. The van der Waals surface area contributed by atoms with Gasteiger partial charge in [-0.2, -0.15) is 0 Å². The highest BCUT2D eigenvalue weighted by molar-refractivity contribution is 5.83. The highest BCUT2D eigenvalue weighted by atomic mass is 19.4. The number of carbonyl (C=O) groups excluding carboxylic acids is 1. The zero-order valence-corrected chi connectivity index (χ0v) is 12.1. The van der Waals surface area contributed by atoms with Gasteiger partial charge in [0.05, 0.1) is 0 Å². The van der Waals surface area contributed by atoms with E-state index in [-0.39, 0.29) is 36.1 Å². The van der Waals surface area contributed by atoms with Crippen molar-refractivity contribution in [2.75, 3.05) is 6.61 Å². The van der Waals surface area contributed by atoms with Gasteiger partial charge in [-0.3, -0.25) is 4.79 Å². The molecule has 2 rings (SSSR count). The van der Waals surface area contributed by atoms with Gasteiger partial charge in [0.2, 0.25) is 5.91 Å². The van der Waals surface area contributed by atoms with Gasteiger partial charge in [0.1, 0.15) is 5.75 Å². The van der Waals surface area contributed by atoms with Crippen LogP contribution in [0.4, 0.5) is 13.2 Å². The Morgan fingerprint density at radius 1 is 1.41 bits per heavy atom. The maximum atomic E-state index is 12.1. The molecule has 1 aromatic rings. The van der Waals surface area contributed by atoms with Crippen LogP contribution in [0.1, 0.15) is 31.2 Å². The average molecular weight is 317 g/mol. The van der Waals surface area contributed by atoms with Crippen LogP contribution in [0.15, 0.2) is 24.3 Å². The minimum absolute atomic E-state index is 0.0101. The van der Waals surface area contributed by atoms with Gasteiger partial charge >= 0.3 is 6.36 Å². The standard InChI is InChI=1S/C15H18F3NO3/c1-9(6-7-20)19-14(21)13-8-12(13)10-2-4-11(5-3-10)22-15(16,17)18/h2-5,9,12-13,20H,6-8H2,1H3,(H,19,21). The second kappa shape index (κ2) is 6.56. The lowest BCUT2D eigenvalue weighted by molar-refractivity contribution is -0.274. The fourth-order valence-electron chi connectivity index (χ4n) is 2.39. The van der Waals surface area contributed by atoms with Crippen molar-refractivity contribution in [3.8, 4) is 5.75 Å². The summed E-state index contributed by atoms with van der Waals surface area (Å²) in [5.74, 6) is -0.479. The van der Waals surface area contributed by atoms with Crippen molar-refractivity contribution >= 4 is 5.91 Å². The minimum atomic E-state index is -4.70. The highest BCUT2D eigenvalue weighted by Crippen LogP contribution is 2.47. The van der Waals surface area contributed by atoms with E-state index in [2.05, 4.69) is 10.1 Å². The Balaban J connectivity index is 1.88. The van der Waals surface area contributed by atoms with E-state index >= 15 is 0 Å². The normalized spacial score (nSPS) is 22.0. The van der Waals surface area contributed by atoms with Crippen LogP contribution < -0.4 is 10.1 Å². The molecule has 7 heteroatoms. The molecule has 0 radical (unpaired) electrons. The number of hydrogen-bond donors (Lipinski definition) is 2. The van der Waals surface area contributed by atoms with Crippen molar-refractivity contribution in [3.63, 3.8) is 0 Å². The molecule has 122 valence electrons. The molecule has 0 heterocycles. The maximum Gasteiger partial charge on any atom is 0.573 e. The van der Waals surface area contributed by atoms with Crippen molar-refractivity contribution in [2.45, 2.75) is 38.1 Å². The summed E-state index contributed by atoms with van der Waals surface area (Å²) in [6.45, 7) is 1.82. The summed E-state index contributed by atoms with van der Waals surface area (Å²) in [6.07, 6.45) is -3.53. The molecule has 1 aliphatic rings. The van der Waals surface area contributed by atoms with Crippen LogP contribution in [0.2, 0.25) is 0 Å². The van der Waals surface area contributed by atoms with Gasteiger partial charge in [-0.1, -0.05) is 12.1 Å². The lowest BCUT2D eigenvalue weighted by Crippen LogP contribution is -2.34. The van der Waals surface area contributed by atoms with E-state index in [9.17, 15) is 18.0 Å². The molecule has 0 saturated heterocycles. The summed E-state index contributed by atoms with van der Waals surface area (Å²) >= 11 is 0. The number of benzene rings is 1. The summed E-state index contributed by atoms with van der Waals surface area (Å²) in [5, 5.41) is 11.6. The molecular formula is C15H18F3NO3. The molecule has 4 nitrogen and oxygen atoms in total. The van der Waals surface area contributed by atoms with E-state index in [4.69, 9.17) is 5.11 Å². The Morgan fingerprint density at radius 3 is 2.59 bits per heavy atom. The summed E-state index contributed by atoms with van der Waals surface area (Å²) in [7, 11) is 0. The van der Waals surface area contributed by atoms with Crippen molar-refractivity contribution in [2.24, 2.45) is 5.92 Å². The largest absolute Gasteiger partial charge is 0.573 e. The molecule has 0 spiro atoms. The zero-order valence-electron chi connectivity index (χ0n) is 12.1. The van der Waals surface area contributed by atoms with Crippen LogP contribution >= 0.6 is 0 Å². The number of nitrogens with one attached hydrogen (secondary N) is 1. The van der Waals surface area contributed by atoms with Crippen LogP contribution in [0.3, 0.4) is 0 Å². The van der Waals surface area contributed by atoms with E-state index in [0.29, 0.717) is 12.8 Å². The number of amides is 1. The molecule has 1 saturated carbocycles. The van der Waals surface area contributed by atoms with Gasteiger partial charge in [-0.05, 0) is 43.4 Å². The molecule has 3 atom stereocenters. The number of aliphatic hydroxyl groups excluding tert-OH is 1. The fourth-order valence-corrected chi connectivity index (χ4v) is 2.39. The van der Waals surface area contributed by atoms with Crippen molar-refractivity contribution in [1.29, 1.82) is 0 Å². The number of rotatable bonds is 6. The zero-order chi connectivity index (χ0) is 16.3. The first kappa shape index (κ1) is 16.6. The second-order valence-electron chi connectivity index (χ2n) is 5.49. The molecule has 0 aromatic heterocycles. The molecule has 0 bridgehead atoms. The Labute approximate surface area is 126 Å². The molecular weight excluding hydrogens is 299 g/mol. The van der Waals surface area contributed by atoms with E-state index in [1.54, 1.807) is 12.1 Å². The van der Waals surface area contributed by atoms with Gasteiger partial charge in [-0.25, -0.2) is 0 Å². The van der Waals surface area contributed by atoms with Crippen molar-refractivity contribution in [3.05, 3.63) is 29.8 Å². The lowest BCUT2D eigenvalue weighted by atomic mass is 10.1. The first-order valence-corrected chi connectivity index (χ1v) is 7.07. The molecule has 1 aliphatic carbocycles. The molecule has 1 amide bonds. The third-order valence-electron chi connectivity index (χ3n) is 3.62.